The monoisotopic (exact) mass is 828 g/mol. The molecule has 0 N–H and O–H groups in total. The third-order valence-electron chi connectivity index (χ3n) is 13.2. The number of fused-ring (bicyclic) bond motifs is 9. The lowest BCUT2D eigenvalue weighted by Crippen LogP contribution is -2.10. The van der Waals surface area contributed by atoms with Crippen LogP contribution in [-0.2, 0) is 0 Å². The quantitative estimate of drug-likeness (QED) is 0.149. The number of rotatable bonds is 7. The Bertz CT molecular complexity index is 3900. The van der Waals surface area contributed by atoms with E-state index in [1.807, 2.05) is 12.1 Å². The normalized spacial score (nSPS) is 11.7. The molecule has 0 aliphatic carbocycles. The van der Waals surface area contributed by atoms with Crippen LogP contribution < -0.4 is 4.90 Å². The molecule has 3 nitrogen and oxygen atoms in total. The van der Waals surface area contributed by atoms with Crippen LogP contribution in [0.15, 0.2) is 247 Å². The molecule has 0 spiro atoms. The standard InChI is InChI=1S/C62H40N2O/c1-2-16-50-42(13-1)31-32-46-40-49(37-38-51(46)50)63(47-35-33-44(34-36-47)53-21-12-22-57-56-20-6-10-26-61(56)65-62(53)57)48-15-11-14-45(39-48)41-27-29-43(30-28-41)52-17-3-7-23-58(52)64-59-24-8-4-18-54(59)55-19-5-9-25-60(55)64/h1-40H. The number of benzene rings is 11. The maximum Gasteiger partial charge on any atom is 0.143 e. The Morgan fingerprint density at radius 2 is 0.862 bits per heavy atom. The molecule has 0 aliphatic heterocycles. The van der Waals surface area contributed by atoms with Crippen molar-refractivity contribution < 1.29 is 4.42 Å². The summed E-state index contributed by atoms with van der Waals surface area (Å²) < 4.78 is 8.87. The highest BCUT2D eigenvalue weighted by Crippen LogP contribution is 2.42. The van der Waals surface area contributed by atoms with Crippen molar-refractivity contribution in [3.05, 3.63) is 243 Å². The molecule has 0 bridgehead atoms. The van der Waals surface area contributed by atoms with E-state index in [1.165, 1.54) is 60.2 Å². The van der Waals surface area contributed by atoms with Gasteiger partial charge >= 0.3 is 0 Å². The Hall–Kier alpha value is -8.66. The fourth-order valence-corrected chi connectivity index (χ4v) is 10.1. The van der Waals surface area contributed by atoms with Gasteiger partial charge in [0.15, 0.2) is 0 Å². The predicted molar refractivity (Wildman–Crippen MR) is 274 cm³/mol. The Kier molecular flexibility index (Phi) is 8.53. The van der Waals surface area contributed by atoms with E-state index in [-0.39, 0.29) is 0 Å². The summed E-state index contributed by atoms with van der Waals surface area (Å²) in [5.74, 6) is 0. The molecule has 2 aromatic heterocycles. The predicted octanol–water partition coefficient (Wildman–Crippen LogP) is 17.5. The van der Waals surface area contributed by atoms with Crippen LogP contribution in [0.25, 0.3) is 104 Å². The van der Waals surface area contributed by atoms with Gasteiger partial charge in [0.25, 0.3) is 0 Å². The van der Waals surface area contributed by atoms with Crippen molar-refractivity contribution in [2.45, 2.75) is 0 Å². The van der Waals surface area contributed by atoms with E-state index in [2.05, 4.69) is 240 Å². The first kappa shape index (κ1) is 36.9. The highest BCUT2D eigenvalue weighted by Gasteiger charge is 2.18. The van der Waals surface area contributed by atoms with Crippen LogP contribution in [0.4, 0.5) is 17.1 Å². The van der Waals surface area contributed by atoms with Gasteiger partial charge < -0.3 is 13.9 Å². The molecule has 13 rings (SSSR count). The van der Waals surface area contributed by atoms with Gasteiger partial charge in [-0.15, -0.1) is 0 Å². The Balaban J connectivity index is 0.898. The third kappa shape index (κ3) is 6.12. The van der Waals surface area contributed by atoms with Crippen LogP contribution in [0.1, 0.15) is 0 Å². The number of aromatic nitrogens is 1. The number of nitrogens with zero attached hydrogens (tertiary/aromatic N) is 2. The third-order valence-corrected chi connectivity index (χ3v) is 13.2. The summed E-state index contributed by atoms with van der Waals surface area (Å²) in [6.45, 7) is 0. The van der Waals surface area contributed by atoms with Gasteiger partial charge in [-0.05, 0) is 104 Å². The summed E-state index contributed by atoms with van der Waals surface area (Å²) in [5, 5.41) is 9.73. The lowest BCUT2D eigenvalue weighted by Gasteiger charge is -2.27. The summed E-state index contributed by atoms with van der Waals surface area (Å²) in [4.78, 5) is 2.38. The van der Waals surface area contributed by atoms with Crippen molar-refractivity contribution in [2.75, 3.05) is 4.90 Å². The average Bonchev–Trinajstić information content (AvgIpc) is 3.93. The summed E-state index contributed by atoms with van der Waals surface area (Å²) in [7, 11) is 0. The maximum atomic E-state index is 6.46. The Morgan fingerprint density at radius 1 is 0.308 bits per heavy atom. The van der Waals surface area contributed by atoms with Crippen molar-refractivity contribution in [2.24, 2.45) is 0 Å². The fraction of sp³-hybridized carbons (Fsp3) is 0. The van der Waals surface area contributed by atoms with Gasteiger partial charge in [0.2, 0.25) is 0 Å². The number of furan rings is 1. The van der Waals surface area contributed by atoms with E-state index >= 15 is 0 Å². The van der Waals surface area contributed by atoms with E-state index in [0.717, 1.165) is 61.3 Å². The largest absolute Gasteiger partial charge is 0.455 e. The summed E-state index contributed by atoms with van der Waals surface area (Å²) >= 11 is 0. The number of hydrogen-bond acceptors (Lipinski definition) is 2. The minimum Gasteiger partial charge on any atom is -0.455 e. The first-order chi connectivity index (χ1) is 32.2. The van der Waals surface area contributed by atoms with E-state index in [1.54, 1.807) is 0 Å². The van der Waals surface area contributed by atoms with Crippen LogP contribution in [0.3, 0.4) is 0 Å². The van der Waals surface area contributed by atoms with Crippen molar-refractivity contribution in [1.29, 1.82) is 0 Å². The lowest BCUT2D eigenvalue weighted by molar-refractivity contribution is 0.670. The molecule has 0 atom stereocenters. The first-order valence-electron chi connectivity index (χ1n) is 22.2. The number of anilines is 3. The molecule has 0 saturated carbocycles. The second kappa shape index (κ2) is 15.0. The van der Waals surface area contributed by atoms with Crippen molar-refractivity contribution in [3.8, 4) is 39.1 Å². The molecule has 0 amide bonds. The zero-order valence-corrected chi connectivity index (χ0v) is 35.4. The Labute approximate surface area is 376 Å². The van der Waals surface area contributed by atoms with Crippen molar-refractivity contribution >= 4 is 82.4 Å². The van der Waals surface area contributed by atoms with E-state index in [0.29, 0.717) is 0 Å². The fourth-order valence-electron chi connectivity index (χ4n) is 10.1. The molecule has 0 unspecified atom stereocenters. The van der Waals surface area contributed by atoms with Crippen molar-refractivity contribution in [3.63, 3.8) is 0 Å². The number of hydrogen-bond donors (Lipinski definition) is 0. The van der Waals surface area contributed by atoms with Gasteiger partial charge in [0, 0.05) is 49.7 Å². The molecular weight excluding hydrogens is 789 g/mol. The minimum absolute atomic E-state index is 0.903. The molecule has 13 aromatic rings. The minimum atomic E-state index is 0.903. The topological polar surface area (TPSA) is 21.3 Å². The van der Waals surface area contributed by atoms with Crippen LogP contribution in [0.2, 0.25) is 0 Å². The molecule has 0 saturated heterocycles. The highest BCUT2D eigenvalue weighted by atomic mass is 16.3. The van der Waals surface area contributed by atoms with Crippen molar-refractivity contribution in [1.82, 2.24) is 4.57 Å². The molecule has 2 heterocycles. The second-order valence-corrected chi connectivity index (χ2v) is 16.9. The second-order valence-electron chi connectivity index (χ2n) is 16.9. The van der Waals surface area contributed by atoms with Gasteiger partial charge in [-0.3, -0.25) is 0 Å². The molecule has 3 heteroatoms. The van der Waals surface area contributed by atoms with Gasteiger partial charge in [0.1, 0.15) is 11.2 Å². The molecule has 0 aliphatic rings. The van der Waals surface area contributed by atoms with Gasteiger partial charge in [0.05, 0.1) is 16.7 Å². The lowest BCUT2D eigenvalue weighted by atomic mass is 9.98. The van der Waals surface area contributed by atoms with Crippen LogP contribution in [-0.4, -0.2) is 4.57 Å². The van der Waals surface area contributed by atoms with E-state index < -0.39 is 0 Å². The smallest absolute Gasteiger partial charge is 0.143 e. The molecule has 0 radical (unpaired) electrons. The molecule has 65 heavy (non-hydrogen) atoms. The van der Waals surface area contributed by atoms with Crippen LogP contribution in [0.5, 0.6) is 0 Å². The Morgan fingerprint density at radius 3 is 1.68 bits per heavy atom. The van der Waals surface area contributed by atoms with Gasteiger partial charge in [-0.2, -0.15) is 0 Å². The maximum absolute atomic E-state index is 6.46. The molecule has 11 aromatic carbocycles. The molecular formula is C62H40N2O. The van der Waals surface area contributed by atoms with Gasteiger partial charge in [-0.1, -0.05) is 182 Å². The van der Waals surface area contributed by atoms with E-state index in [9.17, 15) is 0 Å². The SMILES string of the molecule is c1cc(-c2ccc(-c3ccccc3-n3c4ccccc4c4ccccc43)cc2)cc(N(c2ccc(-c3cccc4c3oc3ccccc34)cc2)c2ccc3c(ccc4ccccc43)c2)c1. The van der Waals surface area contributed by atoms with Gasteiger partial charge in [-0.25, -0.2) is 0 Å². The van der Waals surface area contributed by atoms with E-state index in [4.69, 9.17) is 4.42 Å². The first-order valence-corrected chi connectivity index (χ1v) is 22.2. The summed E-state index contributed by atoms with van der Waals surface area (Å²) in [6, 6.07) is 87.7. The number of para-hydroxylation sites is 5. The van der Waals surface area contributed by atoms with Crippen LogP contribution in [0, 0.1) is 0 Å². The molecule has 304 valence electrons. The summed E-state index contributed by atoms with van der Waals surface area (Å²) in [6.07, 6.45) is 0. The zero-order chi connectivity index (χ0) is 42.8. The summed E-state index contributed by atoms with van der Waals surface area (Å²) in [5.41, 5.74) is 15.5. The zero-order valence-electron chi connectivity index (χ0n) is 35.4. The molecule has 0 fully saturated rings. The average molecular weight is 829 g/mol. The highest BCUT2D eigenvalue weighted by molar-refractivity contribution is 6.11. The van der Waals surface area contributed by atoms with Crippen LogP contribution >= 0.6 is 0 Å².